The highest BCUT2D eigenvalue weighted by Crippen LogP contribution is 2.27. The average molecular weight is 490 g/mol. The lowest BCUT2D eigenvalue weighted by Gasteiger charge is -2.32. The number of amides is 1. The number of nitrogens with zero attached hydrogens (tertiary/aromatic N) is 2. The Bertz CT molecular complexity index is 1090. The van der Waals surface area contributed by atoms with Gasteiger partial charge in [-0.2, -0.15) is 5.26 Å². The van der Waals surface area contributed by atoms with Crippen molar-refractivity contribution in [2.24, 2.45) is 5.92 Å². The van der Waals surface area contributed by atoms with Crippen molar-refractivity contribution in [1.29, 1.82) is 5.26 Å². The molecule has 0 spiro atoms. The van der Waals surface area contributed by atoms with Gasteiger partial charge in [-0.15, -0.1) is 0 Å². The van der Waals surface area contributed by atoms with Crippen molar-refractivity contribution in [1.82, 2.24) is 5.32 Å². The lowest BCUT2D eigenvalue weighted by Crippen LogP contribution is -2.39. The third-order valence-electron chi connectivity index (χ3n) is 7.24. The number of hydrogen-bond acceptors (Lipinski definition) is 6. The topological polar surface area (TPSA) is 91.7 Å². The number of carbonyl (C=O) groups is 2. The van der Waals surface area contributed by atoms with Gasteiger partial charge in [-0.3, -0.25) is 9.59 Å². The van der Waals surface area contributed by atoms with Crippen LogP contribution in [0.5, 0.6) is 5.75 Å². The van der Waals surface area contributed by atoms with E-state index in [9.17, 15) is 9.59 Å². The summed E-state index contributed by atoms with van der Waals surface area (Å²) in [6.07, 6.45) is 5.21. The first-order chi connectivity index (χ1) is 17.5. The van der Waals surface area contributed by atoms with Gasteiger partial charge in [-0.25, -0.2) is 0 Å². The zero-order chi connectivity index (χ0) is 25.5. The van der Waals surface area contributed by atoms with Gasteiger partial charge < -0.3 is 19.7 Å². The van der Waals surface area contributed by atoms with E-state index in [1.807, 2.05) is 50.2 Å². The standard InChI is InChI=1S/C29H35N3O4/c1-3-35-29(34)22-14-16-32(17-15-22)25-9-4-21(5-10-25)28(33)31-24-7-12-26(13-8-24)36-27-11-6-23(19-30)20(2)18-27/h4-6,9-11,18,22,24,26H,3,7-8,12-17H2,1-2H3,(H,31,33). The van der Waals surface area contributed by atoms with Gasteiger partial charge in [0.05, 0.1) is 30.3 Å². The Morgan fingerprint density at radius 2 is 1.72 bits per heavy atom. The predicted octanol–water partition coefficient (Wildman–Crippen LogP) is 4.77. The zero-order valence-corrected chi connectivity index (χ0v) is 21.2. The van der Waals surface area contributed by atoms with Crippen molar-refractivity contribution in [3.63, 3.8) is 0 Å². The molecule has 1 amide bonds. The summed E-state index contributed by atoms with van der Waals surface area (Å²) in [6, 6.07) is 15.6. The van der Waals surface area contributed by atoms with Crippen molar-refractivity contribution >= 4 is 17.6 Å². The fraction of sp³-hybridized carbons (Fsp3) is 0.483. The molecule has 1 aliphatic heterocycles. The summed E-state index contributed by atoms with van der Waals surface area (Å²) in [5.41, 5.74) is 3.32. The van der Waals surface area contributed by atoms with Gasteiger partial charge in [-0.05, 0) is 100 Å². The van der Waals surface area contributed by atoms with Crippen molar-refractivity contribution in [3.05, 3.63) is 59.2 Å². The molecule has 0 aromatic heterocycles. The average Bonchev–Trinajstić information content (AvgIpc) is 2.90. The third-order valence-corrected chi connectivity index (χ3v) is 7.24. The summed E-state index contributed by atoms with van der Waals surface area (Å²) in [4.78, 5) is 27.0. The molecule has 2 fully saturated rings. The summed E-state index contributed by atoms with van der Waals surface area (Å²) in [5.74, 6) is 0.646. The maximum atomic E-state index is 12.8. The fourth-order valence-corrected chi connectivity index (χ4v) is 5.08. The minimum atomic E-state index is -0.0888. The first-order valence-corrected chi connectivity index (χ1v) is 13.0. The molecule has 7 nitrogen and oxygen atoms in total. The van der Waals surface area contributed by atoms with Gasteiger partial charge in [0.15, 0.2) is 0 Å². The van der Waals surface area contributed by atoms with E-state index in [0.29, 0.717) is 17.7 Å². The predicted molar refractivity (Wildman–Crippen MR) is 138 cm³/mol. The van der Waals surface area contributed by atoms with Crippen LogP contribution in [0.3, 0.4) is 0 Å². The Kier molecular flexibility index (Phi) is 8.48. The highest BCUT2D eigenvalue weighted by molar-refractivity contribution is 5.94. The molecule has 1 aliphatic carbocycles. The maximum absolute atomic E-state index is 12.8. The number of carbonyl (C=O) groups excluding carboxylic acids is 2. The molecule has 36 heavy (non-hydrogen) atoms. The second-order valence-electron chi connectivity index (χ2n) is 9.71. The highest BCUT2D eigenvalue weighted by Gasteiger charge is 2.27. The second-order valence-corrected chi connectivity index (χ2v) is 9.71. The summed E-state index contributed by atoms with van der Waals surface area (Å²) in [7, 11) is 0. The van der Waals surface area contributed by atoms with Crippen molar-refractivity contribution in [2.75, 3.05) is 24.6 Å². The van der Waals surface area contributed by atoms with Gasteiger partial charge in [-0.1, -0.05) is 0 Å². The van der Waals surface area contributed by atoms with E-state index in [4.69, 9.17) is 14.7 Å². The molecular weight excluding hydrogens is 454 g/mol. The molecule has 0 atom stereocenters. The minimum absolute atomic E-state index is 0.0139. The molecule has 1 N–H and O–H groups in total. The van der Waals surface area contributed by atoms with Crippen LogP contribution >= 0.6 is 0 Å². The number of esters is 1. The number of hydrogen-bond donors (Lipinski definition) is 1. The molecular formula is C29H35N3O4. The Balaban J connectivity index is 1.22. The Morgan fingerprint density at radius 1 is 1.03 bits per heavy atom. The van der Waals surface area contributed by atoms with Crippen LogP contribution in [0.4, 0.5) is 5.69 Å². The molecule has 0 bridgehead atoms. The van der Waals surface area contributed by atoms with E-state index >= 15 is 0 Å². The number of piperidine rings is 1. The number of anilines is 1. The molecule has 0 radical (unpaired) electrons. The second kappa shape index (κ2) is 11.9. The summed E-state index contributed by atoms with van der Waals surface area (Å²) in [5, 5.41) is 12.3. The molecule has 2 aromatic carbocycles. The van der Waals surface area contributed by atoms with Crippen LogP contribution in [-0.4, -0.2) is 43.7 Å². The molecule has 2 aliphatic rings. The van der Waals surface area contributed by atoms with E-state index in [2.05, 4.69) is 16.3 Å². The molecule has 2 aromatic rings. The molecule has 4 rings (SSSR count). The number of nitriles is 1. The molecule has 0 unspecified atom stereocenters. The number of ether oxygens (including phenoxy) is 2. The monoisotopic (exact) mass is 489 g/mol. The lowest BCUT2D eigenvalue weighted by molar-refractivity contribution is -0.148. The highest BCUT2D eigenvalue weighted by atomic mass is 16.5. The van der Waals surface area contributed by atoms with Crippen LogP contribution in [0.25, 0.3) is 0 Å². The summed E-state index contributed by atoms with van der Waals surface area (Å²) >= 11 is 0. The normalized spacial score (nSPS) is 20.3. The molecule has 7 heteroatoms. The molecule has 1 saturated carbocycles. The SMILES string of the molecule is CCOC(=O)C1CCN(c2ccc(C(=O)NC3CCC(Oc4ccc(C#N)c(C)c4)CC3)cc2)CC1. The molecule has 1 heterocycles. The van der Waals surface area contributed by atoms with Crippen LogP contribution < -0.4 is 15.0 Å². The first-order valence-electron chi connectivity index (χ1n) is 13.0. The fourth-order valence-electron chi connectivity index (χ4n) is 5.08. The summed E-state index contributed by atoms with van der Waals surface area (Å²) < 4.78 is 11.3. The van der Waals surface area contributed by atoms with E-state index in [1.54, 1.807) is 6.07 Å². The number of aryl methyl sites for hydroxylation is 1. The Hall–Kier alpha value is -3.53. The van der Waals surface area contributed by atoms with Crippen molar-refractivity contribution in [3.8, 4) is 11.8 Å². The van der Waals surface area contributed by atoms with Crippen LogP contribution in [0.1, 0.15) is 66.9 Å². The lowest BCUT2D eigenvalue weighted by atomic mass is 9.92. The van der Waals surface area contributed by atoms with Gasteiger partial charge in [0.25, 0.3) is 5.91 Å². The van der Waals surface area contributed by atoms with Crippen LogP contribution in [0.2, 0.25) is 0 Å². The van der Waals surface area contributed by atoms with Crippen LogP contribution in [0.15, 0.2) is 42.5 Å². The zero-order valence-electron chi connectivity index (χ0n) is 21.2. The first kappa shape index (κ1) is 25.6. The quantitative estimate of drug-likeness (QED) is 0.564. The number of rotatable bonds is 7. The Labute approximate surface area is 213 Å². The number of benzene rings is 2. The van der Waals surface area contributed by atoms with E-state index in [1.165, 1.54) is 0 Å². The van der Waals surface area contributed by atoms with Crippen molar-refractivity contribution < 1.29 is 19.1 Å². The third kappa shape index (κ3) is 6.37. The van der Waals surface area contributed by atoms with E-state index in [-0.39, 0.29) is 29.9 Å². The van der Waals surface area contributed by atoms with Gasteiger partial charge >= 0.3 is 5.97 Å². The van der Waals surface area contributed by atoms with Gasteiger partial charge in [0.1, 0.15) is 5.75 Å². The number of nitrogens with one attached hydrogen (secondary N) is 1. The van der Waals surface area contributed by atoms with E-state index < -0.39 is 0 Å². The molecule has 1 saturated heterocycles. The minimum Gasteiger partial charge on any atom is -0.490 e. The van der Waals surface area contributed by atoms with Gasteiger partial charge in [0, 0.05) is 30.4 Å². The largest absolute Gasteiger partial charge is 0.490 e. The Morgan fingerprint density at radius 3 is 2.33 bits per heavy atom. The maximum Gasteiger partial charge on any atom is 0.309 e. The smallest absolute Gasteiger partial charge is 0.309 e. The van der Waals surface area contributed by atoms with Crippen LogP contribution in [-0.2, 0) is 9.53 Å². The molecule has 190 valence electrons. The van der Waals surface area contributed by atoms with Crippen molar-refractivity contribution in [2.45, 2.75) is 64.5 Å². The van der Waals surface area contributed by atoms with Crippen LogP contribution in [0, 0.1) is 24.2 Å². The summed E-state index contributed by atoms with van der Waals surface area (Å²) in [6.45, 7) is 5.80. The van der Waals surface area contributed by atoms with Gasteiger partial charge in [0.2, 0.25) is 0 Å². The van der Waals surface area contributed by atoms with E-state index in [0.717, 1.165) is 68.6 Å².